The third-order valence-corrected chi connectivity index (χ3v) is 3.66. The molecule has 1 unspecified atom stereocenters. The standard InChI is InChI=1S/C16H12F4N2/c1-2-7-22-13-4-3-10(17)8-12(13)15(16(18,19)20)11-5-6-21-9-14(11)22/h2-6,8-9,15H,1,7H2. The number of nitrogens with zero attached hydrogens (tertiary/aromatic N) is 2. The zero-order valence-corrected chi connectivity index (χ0v) is 11.4. The highest BCUT2D eigenvalue weighted by Crippen LogP contribution is 2.51. The topological polar surface area (TPSA) is 16.1 Å². The Kier molecular flexibility index (Phi) is 3.39. The van der Waals surface area contributed by atoms with Crippen LogP contribution in [0.2, 0.25) is 0 Å². The smallest absolute Gasteiger partial charge is 0.336 e. The molecule has 114 valence electrons. The van der Waals surface area contributed by atoms with Crippen LogP contribution in [0.5, 0.6) is 0 Å². The zero-order chi connectivity index (χ0) is 15.9. The van der Waals surface area contributed by atoms with Crippen LogP contribution in [0.3, 0.4) is 0 Å². The molecule has 0 spiro atoms. The van der Waals surface area contributed by atoms with Crippen LogP contribution in [-0.4, -0.2) is 17.7 Å². The maximum atomic E-state index is 13.6. The lowest BCUT2D eigenvalue weighted by Crippen LogP contribution is -2.32. The molecule has 0 amide bonds. The molecule has 0 saturated carbocycles. The van der Waals surface area contributed by atoms with Crippen molar-refractivity contribution in [3.8, 4) is 0 Å². The van der Waals surface area contributed by atoms with E-state index in [9.17, 15) is 17.6 Å². The molecule has 0 saturated heterocycles. The van der Waals surface area contributed by atoms with Gasteiger partial charge in [0.1, 0.15) is 11.7 Å². The lowest BCUT2D eigenvalue weighted by Gasteiger charge is -2.37. The fourth-order valence-corrected chi connectivity index (χ4v) is 2.84. The highest BCUT2D eigenvalue weighted by molar-refractivity contribution is 5.76. The number of halogens is 4. The van der Waals surface area contributed by atoms with Gasteiger partial charge in [-0.3, -0.25) is 4.98 Å². The summed E-state index contributed by atoms with van der Waals surface area (Å²) in [5, 5.41) is 0. The lowest BCUT2D eigenvalue weighted by molar-refractivity contribution is -0.141. The van der Waals surface area contributed by atoms with E-state index in [1.54, 1.807) is 11.0 Å². The fourth-order valence-electron chi connectivity index (χ4n) is 2.84. The van der Waals surface area contributed by atoms with Crippen molar-refractivity contribution in [2.75, 3.05) is 11.4 Å². The van der Waals surface area contributed by atoms with Crippen molar-refractivity contribution in [2.24, 2.45) is 0 Å². The molecule has 1 aliphatic rings. The number of rotatable bonds is 2. The molecule has 2 heterocycles. The summed E-state index contributed by atoms with van der Waals surface area (Å²) in [7, 11) is 0. The highest BCUT2D eigenvalue weighted by Gasteiger charge is 2.47. The minimum Gasteiger partial charge on any atom is -0.336 e. The van der Waals surface area contributed by atoms with Crippen LogP contribution in [0, 0.1) is 5.82 Å². The molecule has 22 heavy (non-hydrogen) atoms. The Bertz CT molecular complexity index is 724. The van der Waals surface area contributed by atoms with Crippen molar-refractivity contribution in [3.05, 3.63) is 66.3 Å². The first-order valence-corrected chi connectivity index (χ1v) is 6.62. The zero-order valence-electron chi connectivity index (χ0n) is 11.4. The van der Waals surface area contributed by atoms with Gasteiger partial charge < -0.3 is 4.90 Å². The van der Waals surface area contributed by atoms with Crippen LogP contribution < -0.4 is 4.90 Å². The molecular weight excluding hydrogens is 296 g/mol. The molecule has 0 bridgehead atoms. The second-order valence-corrected chi connectivity index (χ2v) is 5.01. The van der Waals surface area contributed by atoms with E-state index >= 15 is 0 Å². The maximum absolute atomic E-state index is 13.6. The van der Waals surface area contributed by atoms with Gasteiger partial charge in [0.15, 0.2) is 0 Å². The van der Waals surface area contributed by atoms with E-state index in [0.717, 1.165) is 12.1 Å². The molecule has 6 heteroatoms. The molecule has 0 N–H and O–H groups in total. The Morgan fingerprint density at radius 2 is 1.95 bits per heavy atom. The summed E-state index contributed by atoms with van der Waals surface area (Å²) in [4.78, 5) is 5.58. The fraction of sp³-hybridized carbons (Fsp3) is 0.188. The van der Waals surface area contributed by atoms with Gasteiger partial charge in [-0.2, -0.15) is 13.2 Å². The number of benzene rings is 1. The molecule has 0 radical (unpaired) electrons. The number of alkyl halides is 3. The number of pyridine rings is 1. The maximum Gasteiger partial charge on any atom is 0.399 e. The molecule has 1 aromatic carbocycles. The Hall–Kier alpha value is -2.37. The third-order valence-electron chi connectivity index (χ3n) is 3.66. The highest BCUT2D eigenvalue weighted by atomic mass is 19.4. The number of hydrogen-bond donors (Lipinski definition) is 0. The Morgan fingerprint density at radius 3 is 2.64 bits per heavy atom. The van der Waals surface area contributed by atoms with Gasteiger partial charge in [0.2, 0.25) is 0 Å². The van der Waals surface area contributed by atoms with Crippen LogP contribution in [0.4, 0.5) is 28.9 Å². The van der Waals surface area contributed by atoms with E-state index in [0.29, 0.717) is 17.9 Å². The summed E-state index contributed by atoms with van der Waals surface area (Å²) in [6.45, 7) is 3.94. The van der Waals surface area contributed by atoms with Crippen molar-refractivity contribution in [2.45, 2.75) is 12.1 Å². The van der Waals surface area contributed by atoms with Crippen molar-refractivity contribution < 1.29 is 17.6 Å². The van der Waals surface area contributed by atoms with E-state index in [4.69, 9.17) is 0 Å². The van der Waals surface area contributed by atoms with E-state index in [1.807, 2.05) is 0 Å². The molecule has 1 aromatic heterocycles. The first-order valence-electron chi connectivity index (χ1n) is 6.62. The Labute approximate surface area is 124 Å². The van der Waals surface area contributed by atoms with Gasteiger partial charge in [0.05, 0.1) is 11.9 Å². The summed E-state index contributed by atoms with van der Waals surface area (Å²) in [6, 6.07) is 4.80. The third kappa shape index (κ3) is 2.24. The van der Waals surface area contributed by atoms with Gasteiger partial charge >= 0.3 is 6.18 Å². The van der Waals surface area contributed by atoms with E-state index < -0.39 is 17.9 Å². The predicted molar refractivity (Wildman–Crippen MR) is 75.7 cm³/mol. The van der Waals surface area contributed by atoms with E-state index in [2.05, 4.69) is 11.6 Å². The van der Waals surface area contributed by atoms with Crippen molar-refractivity contribution >= 4 is 11.4 Å². The second kappa shape index (κ2) is 5.12. The molecular formula is C16H12F4N2. The van der Waals surface area contributed by atoms with Gasteiger partial charge in [0, 0.05) is 18.4 Å². The van der Waals surface area contributed by atoms with Crippen LogP contribution >= 0.6 is 0 Å². The number of hydrogen-bond acceptors (Lipinski definition) is 2. The molecule has 2 aromatic rings. The summed E-state index contributed by atoms with van der Waals surface area (Å²) in [5.41, 5.74) is 0.670. The van der Waals surface area contributed by atoms with E-state index in [-0.39, 0.29) is 11.1 Å². The van der Waals surface area contributed by atoms with Crippen molar-refractivity contribution in [3.63, 3.8) is 0 Å². The first kappa shape index (κ1) is 14.6. The second-order valence-electron chi connectivity index (χ2n) is 5.01. The van der Waals surface area contributed by atoms with Crippen LogP contribution in [0.25, 0.3) is 0 Å². The minimum atomic E-state index is -4.51. The van der Waals surface area contributed by atoms with Crippen LogP contribution in [0.1, 0.15) is 17.0 Å². The quantitative estimate of drug-likeness (QED) is 0.597. The van der Waals surface area contributed by atoms with Gasteiger partial charge in [-0.15, -0.1) is 6.58 Å². The van der Waals surface area contributed by atoms with Crippen LogP contribution in [0.15, 0.2) is 49.3 Å². The van der Waals surface area contributed by atoms with Crippen LogP contribution in [-0.2, 0) is 0 Å². The minimum absolute atomic E-state index is 0.0717. The summed E-state index contributed by atoms with van der Waals surface area (Å²) in [6.07, 6.45) is -0.228. The predicted octanol–water partition coefficient (Wildman–Crippen LogP) is 4.55. The average molecular weight is 308 g/mol. The van der Waals surface area contributed by atoms with E-state index in [1.165, 1.54) is 24.5 Å². The lowest BCUT2D eigenvalue weighted by atomic mass is 9.85. The monoisotopic (exact) mass is 308 g/mol. The summed E-state index contributed by atoms with van der Waals surface area (Å²) >= 11 is 0. The SMILES string of the molecule is C=CCN1c2ccc(F)cc2C(C(F)(F)F)c2ccncc21. The Balaban J connectivity index is 2.30. The normalized spacial score (nSPS) is 16.9. The first-order chi connectivity index (χ1) is 10.4. The van der Waals surface area contributed by atoms with Gasteiger partial charge in [-0.05, 0) is 35.4 Å². The molecule has 1 atom stereocenters. The van der Waals surface area contributed by atoms with Gasteiger partial charge in [-0.1, -0.05) is 6.08 Å². The number of aromatic nitrogens is 1. The van der Waals surface area contributed by atoms with Gasteiger partial charge in [0.25, 0.3) is 0 Å². The molecule has 0 aliphatic carbocycles. The van der Waals surface area contributed by atoms with Crippen molar-refractivity contribution in [1.82, 2.24) is 4.98 Å². The molecule has 1 aliphatic heterocycles. The molecule has 0 fully saturated rings. The number of fused-ring (bicyclic) bond motifs is 2. The Morgan fingerprint density at radius 1 is 1.18 bits per heavy atom. The number of anilines is 2. The molecule has 3 rings (SSSR count). The largest absolute Gasteiger partial charge is 0.399 e. The van der Waals surface area contributed by atoms with Crippen molar-refractivity contribution in [1.29, 1.82) is 0 Å². The van der Waals surface area contributed by atoms with Gasteiger partial charge in [-0.25, -0.2) is 4.39 Å². The average Bonchev–Trinajstić information content (AvgIpc) is 2.45. The summed E-state index contributed by atoms with van der Waals surface area (Å²) in [5.74, 6) is -2.55. The summed E-state index contributed by atoms with van der Waals surface area (Å²) < 4.78 is 54.2. The molecule has 2 nitrogen and oxygen atoms in total.